The summed E-state index contributed by atoms with van der Waals surface area (Å²) < 4.78 is 4.85. The minimum Gasteiger partial charge on any atom is -0.395 e. The van der Waals surface area contributed by atoms with Gasteiger partial charge in [0.15, 0.2) is 0 Å². The fraction of sp³-hybridized carbons (Fsp3) is 0.947. The van der Waals surface area contributed by atoms with Gasteiger partial charge in [0, 0.05) is 38.6 Å². The molecule has 0 heterocycles. The number of carbonyl (C=O) groups excluding carboxylic acids is 1. The summed E-state index contributed by atoms with van der Waals surface area (Å²) in [6.45, 7) is 16.3. The average molecular weight is 334 g/mol. The lowest BCUT2D eigenvalue weighted by atomic mass is 10.0. The molecule has 0 aliphatic carbocycles. The van der Waals surface area contributed by atoms with Crippen molar-refractivity contribution in [3.63, 3.8) is 0 Å². The summed E-state index contributed by atoms with van der Waals surface area (Å²) in [5.74, 6) is 1.41. The molecule has 0 spiro atoms. The number of hydrogen-bond acceptors (Lipinski definition) is 4. The van der Waals surface area contributed by atoms with Crippen molar-refractivity contribution < 1.29 is 14.6 Å². The van der Waals surface area contributed by atoms with Crippen LogP contribution in [0.1, 0.15) is 74.1 Å². The fourth-order valence-corrected chi connectivity index (χ4v) is 1.35. The number of rotatable bonds is 10. The number of hydrogen-bond donors (Lipinski definition) is 2. The summed E-state index contributed by atoms with van der Waals surface area (Å²) in [5, 5.41) is 11.3. The van der Waals surface area contributed by atoms with Crippen LogP contribution in [0.3, 0.4) is 0 Å². The summed E-state index contributed by atoms with van der Waals surface area (Å²) in [6.07, 6.45) is 4.13. The molecule has 0 saturated heterocycles. The van der Waals surface area contributed by atoms with Crippen LogP contribution in [-0.2, 0) is 9.53 Å². The van der Waals surface area contributed by atoms with Crippen LogP contribution in [0.5, 0.6) is 0 Å². The number of nitrogens with one attached hydrogen (secondary N) is 1. The molecule has 0 rings (SSSR count). The fourth-order valence-electron chi connectivity index (χ4n) is 1.35. The highest BCUT2D eigenvalue weighted by Gasteiger charge is 2.04. The molecule has 0 aromatic heterocycles. The largest absolute Gasteiger partial charge is 0.395 e. The second-order valence-electron chi connectivity index (χ2n) is 6.73. The summed E-state index contributed by atoms with van der Waals surface area (Å²) in [6, 6.07) is 0.493. The minimum absolute atomic E-state index is 0.233. The first kappa shape index (κ1) is 27.4. The Morgan fingerprint density at radius 3 is 1.91 bits per heavy atom. The van der Waals surface area contributed by atoms with Gasteiger partial charge in [0.2, 0.25) is 0 Å². The normalized spacial score (nSPS) is 10.3. The molecule has 4 heteroatoms. The SMILES string of the molecule is CC(C)NCCO.CCCCC(=O)C(C)C.COCCC(C)C. The molecule has 0 saturated carbocycles. The van der Waals surface area contributed by atoms with Gasteiger partial charge in [0.05, 0.1) is 6.61 Å². The van der Waals surface area contributed by atoms with Gasteiger partial charge in [-0.05, 0) is 18.8 Å². The van der Waals surface area contributed by atoms with Crippen molar-refractivity contribution in [2.75, 3.05) is 26.9 Å². The van der Waals surface area contributed by atoms with E-state index in [1.54, 1.807) is 7.11 Å². The standard InChI is InChI=1S/C8H16O.C6H14O.C5H13NO/c1-4-5-6-8(9)7(2)3;1-6(2)4-5-7-3;1-5(2)6-3-4-7/h7H,4-6H2,1-3H3;6H,4-5H2,1-3H3;5-7H,3-4H2,1-2H3. The van der Waals surface area contributed by atoms with Crippen LogP contribution in [0.2, 0.25) is 0 Å². The molecule has 0 amide bonds. The van der Waals surface area contributed by atoms with Gasteiger partial charge in [-0.1, -0.05) is 54.9 Å². The lowest BCUT2D eigenvalue weighted by Gasteiger charge is -2.03. The second-order valence-corrected chi connectivity index (χ2v) is 6.73. The molecule has 4 nitrogen and oxygen atoms in total. The zero-order valence-corrected chi connectivity index (χ0v) is 16.9. The topological polar surface area (TPSA) is 58.6 Å². The van der Waals surface area contributed by atoms with E-state index in [2.05, 4.69) is 39.9 Å². The van der Waals surface area contributed by atoms with Crippen molar-refractivity contribution in [3.05, 3.63) is 0 Å². The van der Waals surface area contributed by atoms with Crippen molar-refractivity contribution in [1.82, 2.24) is 5.32 Å². The lowest BCUT2D eigenvalue weighted by molar-refractivity contribution is -0.122. The molecule has 2 N–H and O–H groups in total. The van der Waals surface area contributed by atoms with E-state index in [1.807, 2.05) is 13.8 Å². The molecule has 142 valence electrons. The predicted octanol–water partition coefficient (Wildman–Crippen LogP) is 4.06. The van der Waals surface area contributed by atoms with Crippen LogP contribution in [-0.4, -0.2) is 43.8 Å². The zero-order valence-electron chi connectivity index (χ0n) is 16.9. The third-order valence-corrected chi connectivity index (χ3v) is 2.98. The molecule has 0 fully saturated rings. The highest BCUT2D eigenvalue weighted by atomic mass is 16.5. The summed E-state index contributed by atoms with van der Waals surface area (Å²) in [4.78, 5) is 10.9. The Labute approximate surface area is 145 Å². The summed E-state index contributed by atoms with van der Waals surface area (Å²) >= 11 is 0. The molecular weight excluding hydrogens is 290 g/mol. The Bertz CT molecular complexity index is 217. The number of unbranched alkanes of at least 4 members (excludes halogenated alkanes) is 1. The monoisotopic (exact) mass is 333 g/mol. The van der Waals surface area contributed by atoms with Crippen LogP contribution < -0.4 is 5.32 Å². The quantitative estimate of drug-likeness (QED) is 0.633. The molecule has 0 atom stereocenters. The van der Waals surface area contributed by atoms with Gasteiger partial charge in [0.1, 0.15) is 5.78 Å². The molecule has 0 bridgehead atoms. The number of ketones is 1. The Morgan fingerprint density at radius 2 is 1.70 bits per heavy atom. The first-order chi connectivity index (χ1) is 10.7. The van der Waals surface area contributed by atoms with Crippen LogP contribution in [0.4, 0.5) is 0 Å². The minimum atomic E-state index is 0.233. The maximum Gasteiger partial charge on any atom is 0.135 e. The van der Waals surface area contributed by atoms with Gasteiger partial charge in [-0.15, -0.1) is 0 Å². The van der Waals surface area contributed by atoms with Gasteiger partial charge in [-0.3, -0.25) is 4.79 Å². The Kier molecular flexibility index (Phi) is 25.7. The van der Waals surface area contributed by atoms with E-state index >= 15 is 0 Å². The number of aliphatic hydroxyl groups is 1. The van der Waals surface area contributed by atoms with E-state index in [4.69, 9.17) is 9.84 Å². The van der Waals surface area contributed by atoms with E-state index in [0.29, 0.717) is 18.4 Å². The third-order valence-electron chi connectivity index (χ3n) is 2.98. The summed E-state index contributed by atoms with van der Waals surface area (Å²) in [5.41, 5.74) is 0. The van der Waals surface area contributed by atoms with Gasteiger partial charge in [0.25, 0.3) is 0 Å². The first-order valence-corrected chi connectivity index (χ1v) is 9.08. The van der Waals surface area contributed by atoms with Crippen molar-refractivity contribution in [3.8, 4) is 0 Å². The van der Waals surface area contributed by atoms with Gasteiger partial charge < -0.3 is 15.2 Å². The number of ether oxygens (including phenoxy) is 1. The van der Waals surface area contributed by atoms with Crippen LogP contribution >= 0.6 is 0 Å². The molecular formula is C19H43NO3. The number of carbonyl (C=O) groups is 1. The number of Topliss-reactive ketones (excluding diaryl/α,β-unsaturated/α-hetero) is 1. The maximum absolute atomic E-state index is 10.9. The molecule has 0 aliphatic rings. The van der Waals surface area contributed by atoms with E-state index in [-0.39, 0.29) is 12.5 Å². The third kappa shape index (κ3) is 34.1. The zero-order chi connectivity index (χ0) is 18.7. The van der Waals surface area contributed by atoms with E-state index in [1.165, 1.54) is 6.42 Å². The Hall–Kier alpha value is -0.450. The molecule has 0 aromatic rings. The lowest BCUT2D eigenvalue weighted by Crippen LogP contribution is -2.25. The first-order valence-electron chi connectivity index (χ1n) is 9.08. The van der Waals surface area contributed by atoms with E-state index in [9.17, 15) is 4.79 Å². The Morgan fingerprint density at radius 1 is 1.13 bits per heavy atom. The van der Waals surface area contributed by atoms with Crippen molar-refractivity contribution in [2.45, 2.75) is 80.2 Å². The van der Waals surface area contributed by atoms with Crippen LogP contribution in [0, 0.1) is 11.8 Å². The number of aliphatic hydroxyl groups excluding tert-OH is 1. The molecule has 0 aliphatic heterocycles. The van der Waals surface area contributed by atoms with Gasteiger partial charge >= 0.3 is 0 Å². The maximum atomic E-state index is 10.9. The van der Waals surface area contributed by atoms with Gasteiger partial charge in [-0.25, -0.2) is 0 Å². The highest BCUT2D eigenvalue weighted by molar-refractivity contribution is 5.80. The molecule has 0 aromatic carbocycles. The van der Waals surface area contributed by atoms with E-state index < -0.39 is 0 Å². The van der Waals surface area contributed by atoms with Gasteiger partial charge in [-0.2, -0.15) is 0 Å². The van der Waals surface area contributed by atoms with Crippen molar-refractivity contribution >= 4 is 5.78 Å². The van der Waals surface area contributed by atoms with Crippen LogP contribution in [0.15, 0.2) is 0 Å². The Balaban J connectivity index is -0.000000264. The predicted molar refractivity (Wildman–Crippen MR) is 101 cm³/mol. The average Bonchev–Trinajstić information content (AvgIpc) is 2.49. The van der Waals surface area contributed by atoms with Crippen LogP contribution in [0.25, 0.3) is 0 Å². The molecule has 0 radical (unpaired) electrons. The second kappa shape index (κ2) is 21.6. The van der Waals surface area contributed by atoms with Crippen molar-refractivity contribution in [1.29, 1.82) is 0 Å². The number of methoxy groups -OCH3 is 1. The summed E-state index contributed by atoms with van der Waals surface area (Å²) in [7, 11) is 1.74. The highest BCUT2D eigenvalue weighted by Crippen LogP contribution is 2.02. The molecule has 23 heavy (non-hydrogen) atoms. The molecule has 0 unspecified atom stereocenters. The van der Waals surface area contributed by atoms with E-state index in [0.717, 1.165) is 31.8 Å². The van der Waals surface area contributed by atoms with Crippen molar-refractivity contribution in [2.24, 2.45) is 11.8 Å². The smallest absolute Gasteiger partial charge is 0.135 e.